The van der Waals surface area contributed by atoms with E-state index in [0.717, 1.165) is 29.6 Å². The first-order valence-electron chi connectivity index (χ1n) is 7.10. The van der Waals surface area contributed by atoms with Crippen LogP contribution in [0.4, 0.5) is 0 Å². The van der Waals surface area contributed by atoms with Gasteiger partial charge < -0.3 is 0 Å². The predicted molar refractivity (Wildman–Crippen MR) is 68.9 cm³/mol. The van der Waals surface area contributed by atoms with Gasteiger partial charge in [0.1, 0.15) is 0 Å². The minimum Gasteiger partial charge on any atom is -0.0651 e. The van der Waals surface area contributed by atoms with Crippen molar-refractivity contribution in [1.82, 2.24) is 0 Å². The van der Waals surface area contributed by atoms with Gasteiger partial charge in [-0.15, -0.1) is 0 Å². The lowest BCUT2D eigenvalue weighted by Crippen LogP contribution is -2.30. The van der Waals surface area contributed by atoms with Crippen LogP contribution >= 0.6 is 0 Å². The van der Waals surface area contributed by atoms with Crippen LogP contribution in [0.5, 0.6) is 0 Å². The Balaban J connectivity index is 2.55. The quantitative estimate of drug-likeness (QED) is 0.603. The first-order valence-corrected chi connectivity index (χ1v) is 7.10. The zero-order valence-corrected chi connectivity index (χ0v) is 11.4. The molecular weight excluding hydrogens is 180 g/mol. The summed E-state index contributed by atoms with van der Waals surface area (Å²) in [5.74, 6) is 4.88. The van der Waals surface area contributed by atoms with E-state index in [2.05, 4.69) is 34.6 Å². The van der Waals surface area contributed by atoms with Crippen LogP contribution in [0.1, 0.15) is 66.7 Å². The molecule has 0 spiro atoms. The van der Waals surface area contributed by atoms with Crippen molar-refractivity contribution in [3.05, 3.63) is 0 Å². The SMILES string of the molecule is CCC(C)C1CCC(C)C(C(C)CC)C1. The molecule has 1 fully saturated rings. The van der Waals surface area contributed by atoms with Gasteiger partial charge in [0.05, 0.1) is 0 Å². The summed E-state index contributed by atoms with van der Waals surface area (Å²) in [7, 11) is 0. The van der Waals surface area contributed by atoms with E-state index in [4.69, 9.17) is 0 Å². The summed E-state index contributed by atoms with van der Waals surface area (Å²) in [6.07, 6.45) is 7.20. The van der Waals surface area contributed by atoms with Crippen molar-refractivity contribution in [3.8, 4) is 0 Å². The monoisotopic (exact) mass is 210 g/mol. The Bertz CT molecular complexity index is 169. The van der Waals surface area contributed by atoms with Gasteiger partial charge in [0, 0.05) is 0 Å². The van der Waals surface area contributed by atoms with Gasteiger partial charge in [-0.3, -0.25) is 0 Å². The van der Waals surface area contributed by atoms with Gasteiger partial charge in [0.15, 0.2) is 0 Å². The van der Waals surface area contributed by atoms with Gasteiger partial charge in [0.2, 0.25) is 0 Å². The van der Waals surface area contributed by atoms with E-state index in [-0.39, 0.29) is 0 Å². The van der Waals surface area contributed by atoms with E-state index in [1.807, 2.05) is 0 Å². The van der Waals surface area contributed by atoms with Crippen molar-refractivity contribution >= 4 is 0 Å². The molecule has 5 unspecified atom stereocenters. The van der Waals surface area contributed by atoms with Crippen LogP contribution in [-0.4, -0.2) is 0 Å². The average molecular weight is 210 g/mol. The molecule has 0 N–H and O–H groups in total. The summed E-state index contributed by atoms with van der Waals surface area (Å²) in [5.41, 5.74) is 0. The lowest BCUT2D eigenvalue weighted by molar-refractivity contribution is 0.107. The van der Waals surface area contributed by atoms with E-state index < -0.39 is 0 Å². The Morgan fingerprint density at radius 3 is 2.13 bits per heavy atom. The maximum atomic E-state index is 2.48. The van der Waals surface area contributed by atoms with Gasteiger partial charge in [-0.1, -0.05) is 53.9 Å². The van der Waals surface area contributed by atoms with Gasteiger partial charge in [0.25, 0.3) is 0 Å². The van der Waals surface area contributed by atoms with Crippen LogP contribution in [0.25, 0.3) is 0 Å². The summed E-state index contributed by atoms with van der Waals surface area (Å²) in [6.45, 7) is 12.1. The third-order valence-electron chi connectivity index (χ3n) is 5.12. The maximum Gasteiger partial charge on any atom is -0.0360 e. The Morgan fingerprint density at radius 1 is 1.00 bits per heavy atom. The van der Waals surface area contributed by atoms with Crippen molar-refractivity contribution < 1.29 is 0 Å². The van der Waals surface area contributed by atoms with Crippen molar-refractivity contribution in [3.63, 3.8) is 0 Å². The minimum atomic E-state index is 0.937. The van der Waals surface area contributed by atoms with Crippen molar-refractivity contribution in [2.24, 2.45) is 29.6 Å². The number of rotatable bonds is 4. The molecule has 0 amide bonds. The van der Waals surface area contributed by atoms with Crippen molar-refractivity contribution in [2.45, 2.75) is 66.7 Å². The van der Waals surface area contributed by atoms with E-state index in [1.165, 1.54) is 32.1 Å². The molecule has 90 valence electrons. The van der Waals surface area contributed by atoms with Crippen molar-refractivity contribution in [2.75, 3.05) is 0 Å². The van der Waals surface area contributed by atoms with Crippen LogP contribution in [0.3, 0.4) is 0 Å². The first kappa shape index (κ1) is 13.1. The first-order chi connectivity index (χ1) is 7.10. The molecule has 0 nitrogen and oxygen atoms in total. The van der Waals surface area contributed by atoms with Crippen molar-refractivity contribution in [1.29, 1.82) is 0 Å². The molecule has 0 saturated heterocycles. The van der Waals surface area contributed by atoms with Crippen LogP contribution in [-0.2, 0) is 0 Å². The van der Waals surface area contributed by atoms with Gasteiger partial charge in [-0.05, 0) is 42.4 Å². The molecule has 5 atom stereocenters. The molecule has 1 aliphatic rings. The smallest absolute Gasteiger partial charge is 0.0360 e. The van der Waals surface area contributed by atoms with Crippen LogP contribution in [0.2, 0.25) is 0 Å². The van der Waals surface area contributed by atoms with E-state index in [0.29, 0.717) is 0 Å². The fourth-order valence-electron chi connectivity index (χ4n) is 3.34. The van der Waals surface area contributed by atoms with Crippen LogP contribution in [0, 0.1) is 29.6 Å². The Labute approximate surface area is 96.8 Å². The molecule has 1 aliphatic carbocycles. The molecule has 15 heavy (non-hydrogen) atoms. The topological polar surface area (TPSA) is 0 Å². The minimum absolute atomic E-state index is 0.937. The molecule has 0 heterocycles. The molecule has 1 saturated carbocycles. The van der Waals surface area contributed by atoms with Crippen LogP contribution < -0.4 is 0 Å². The maximum absolute atomic E-state index is 2.48. The third-order valence-corrected chi connectivity index (χ3v) is 5.12. The van der Waals surface area contributed by atoms with Gasteiger partial charge in [-0.2, -0.15) is 0 Å². The molecule has 0 aromatic rings. The van der Waals surface area contributed by atoms with E-state index >= 15 is 0 Å². The zero-order valence-electron chi connectivity index (χ0n) is 11.4. The number of hydrogen-bond acceptors (Lipinski definition) is 0. The molecule has 0 radical (unpaired) electrons. The predicted octanol–water partition coefficient (Wildman–Crippen LogP) is 5.13. The highest BCUT2D eigenvalue weighted by Crippen LogP contribution is 2.42. The van der Waals surface area contributed by atoms with Crippen LogP contribution in [0.15, 0.2) is 0 Å². The summed E-state index contributed by atoms with van der Waals surface area (Å²) >= 11 is 0. The summed E-state index contributed by atoms with van der Waals surface area (Å²) < 4.78 is 0. The highest BCUT2D eigenvalue weighted by atomic mass is 14.4. The summed E-state index contributed by atoms with van der Waals surface area (Å²) in [6, 6.07) is 0. The Kier molecular flexibility index (Phi) is 5.15. The van der Waals surface area contributed by atoms with Gasteiger partial charge in [-0.25, -0.2) is 0 Å². The largest absolute Gasteiger partial charge is 0.0651 e. The second-order valence-electron chi connectivity index (χ2n) is 5.99. The number of hydrogen-bond donors (Lipinski definition) is 0. The Hall–Kier alpha value is 0. The molecular formula is C15H30. The molecule has 0 heteroatoms. The van der Waals surface area contributed by atoms with E-state index in [9.17, 15) is 0 Å². The molecule has 0 aromatic heterocycles. The third kappa shape index (κ3) is 3.23. The highest BCUT2D eigenvalue weighted by Gasteiger charge is 2.32. The zero-order chi connectivity index (χ0) is 11.4. The fraction of sp³-hybridized carbons (Fsp3) is 1.00. The molecule has 0 bridgehead atoms. The second kappa shape index (κ2) is 5.92. The molecule has 0 aliphatic heterocycles. The fourth-order valence-corrected chi connectivity index (χ4v) is 3.34. The molecule has 1 rings (SSSR count). The Morgan fingerprint density at radius 2 is 1.60 bits per heavy atom. The highest BCUT2D eigenvalue weighted by molar-refractivity contribution is 4.82. The average Bonchev–Trinajstić information content (AvgIpc) is 2.27. The second-order valence-corrected chi connectivity index (χ2v) is 5.99. The standard InChI is InChI=1S/C15H30/c1-6-11(3)14-9-8-13(5)15(10-14)12(4)7-2/h11-15H,6-10H2,1-5H3. The lowest BCUT2D eigenvalue weighted by Gasteiger charge is -2.40. The van der Waals surface area contributed by atoms with E-state index in [1.54, 1.807) is 0 Å². The van der Waals surface area contributed by atoms with Gasteiger partial charge >= 0.3 is 0 Å². The molecule has 0 aromatic carbocycles. The normalized spacial score (nSPS) is 36.2. The summed E-state index contributed by atoms with van der Waals surface area (Å²) in [5, 5.41) is 0. The summed E-state index contributed by atoms with van der Waals surface area (Å²) in [4.78, 5) is 0. The lowest BCUT2D eigenvalue weighted by atomic mass is 9.66.